The summed E-state index contributed by atoms with van der Waals surface area (Å²) in [4.78, 5) is 8.91. The van der Waals surface area contributed by atoms with E-state index in [1.54, 1.807) is 6.20 Å². The van der Waals surface area contributed by atoms with E-state index in [-0.39, 0.29) is 12.2 Å². The van der Waals surface area contributed by atoms with E-state index in [1.165, 1.54) is 12.1 Å². The van der Waals surface area contributed by atoms with Crippen molar-refractivity contribution in [2.45, 2.75) is 25.8 Å². The van der Waals surface area contributed by atoms with Gasteiger partial charge in [-0.3, -0.25) is 4.98 Å². The van der Waals surface area contributed by atoms with Gasteiger partial charge in [-0.25, -0.2) is 9.37 Å². The van der Waals surface area contributed by atoms with E-state index in [4.69, 9.17) is 14.7 Å². The van der Waals surface area contributed by atoms with Gasteiger partial charge in [0.1, 0.15) is 12.4 Å². The van der Waals surface area contributed by atoms with Crippen LogP contribution in [-0.4, -0.2) is 36.3 Å². The Kier molecular flexibility index (Phi) is 8.33. The molecule has 0 saturated carbocycles. The minimum Gasteiger partial charge on any atom is -0.475 e. The number of aromatic nitrogens is 2. The monoisotopic (exact) mass is 458 g/mol. The van der Waals surface area contributed by atoms with Crippen LogP contribution in [0.3, 0.4) is 0 Å². The number of ether oxygens (including phenoxy) is 2. The molecule has 6 nitrogen and oxygen atoms in total. The number of benzene rings is 2. The molecule has 34 heavy (non-hydrogen) atoms. The Hall–Kier alpha value is -3.60. The zero-order valence-corrected chi connectivity index (χ0v) is 19.0. The molecular formula is C27H27FN4O2. The maximum atomic E-state index is 13.6. The number of nitrogens with one attached hydrogen (secondary N) is 1. The third-order valence-electron chi connectivity index (χ3n) is 5.46. The van der Waals surface area contributed by atoms with Crippen molar-refractivity contribution in [1.82, 2.24) is 15.3 Å². The smallest absolute Gasteiger partial charge is 0.222 e. The first-order valence-electron chi connectivity index (χ1n) is 11.4. The van der Waals surface area contributed by atoms with Crippen LogP contribution in [0.15, 0.2) is 60.9 Å². The van der Waals surface area contributed by atoms with Gasteiger partial charge < -0.3 is 14.8 Å². The summed E-state index contributed by atoms with van der Waals surface area (Å²) in [6.07, 6.45) is 5.67. The first-order valence-corrected chi connectivity index (χ1v) is 11.4. The number of para-hydroxylation sites is 1. The summed E-state index contributed by atoms with van der Waals surface area (Å²) in [6.45, 7) is 2.94. The second-order valence-corrected chi connectivity index (χ2v) is 8.00. The van der Waals surface area contributed by atoms with Crippen LogP contribution in [0.1, 0.15) is 24.0 Å². The summed E-state index contributed by atoms with van der Waals surface area (Å²) in [7, 11) is 0. The largest absolute Gasteiger partial charge is 0.475 e. The molecule has 0 fully saturated rings. The van der Waals surface area contributed by atoms with Crippen LogP contribution in [0.2, 0.25) is 0 Å². The van der Waals surface area contributed by atoms with Gasteiger partial charge in [0, 0.05) is 41.7 Å². The fraction of sp³-hybridized carbons (Fsp3) is 0.296. The molecule has 0 radical (unpaired) electrons. The number of nitrogens with zero attached hydrogens (tertiary/aromatic N) is 3. The lowest BCUT2D eigenvalue weighted by Gasteiger charge is -2.11. The first kappa shape index (κ1) is 23.6. The summed E-state index contributed by atoms with van der Waals surface area (Å²) < 4.78 is 25.2. The molecule has 0 saturated heterocycles. The van der Waals surface area contributed by atoms with Crippen molar-refractivity contribution in [3.63, 3.8) is 0 Å². The molecule has 0 unspecified atom stereocenters. The Balaban J connectivity index is 1.14. The maximum Gasteiger partial charge on any atom is 0.222 e. The number of hydrogen-bond acceptors (Lipinski definition) is 6. The van der Waals surface area contributed by atoms with Gasteiger partial charge in [0.05, 0.1) is 24.6 Å². The van der Waals surface area contributed by atoms with Crippen molar-refractivity contribution in [3.8, 4) is 11.9 Å². The lowest BCUT2D eigenvalue weighted by Crippen LogP contribution is -2.16. The highest BCUT2D eigenvalue weighted by atomic mass is 19.1. The average molecular weight is 459 g/mol. The SMILES string of the molecule is N#CCc1cc(F)cc(CNCCCCOCCOc2nc3ccccc3c3cnccc23)c1. The standard InChI is InChI=1S/C27H27FN4O2/c28-22-16-20(7-9-29)15-21(17-22)18-30-10-3-4-12-33-13-14-34-27-24-8-11-31-19-25(24)23-5-1-2-6-26(23)32-27/h1-2,5-6,8,11,15-17,19,30H,3-4,7,10,12-14,18H2. The maximum absolute atomic E-state index is 13.6. The molecule has 1 N–H and O–H groups in total. The highest BCUT2D eigenvalue weighted by Crippen LogP contribution is 2.29. The molecule has 0 aliphatic rings. The van der Waals surface area contributed by atoms with Crippen LogP contribution in [-0.2, 0) is 17.7 Å². The summed E-state index contributed by atoms with van der Waals surface area (Å²) >= 11 is 0. The third-order valence-corrected chi connectivity index (χ3v) is 5.46. The fourth-order valence-corrected chi connectivity index (χ4v) is 3.87. The number of rotatable bonds is 12. The van der Waals surface area contributed by atoms with Crippen molar-refractivity contribution >= 4 is 21.7 Å². The molecule has 0 aliphatic heterocycles. The van der Waals surface area contributed by atoms with Crippen molar-refractivity contribution in [1.29, 1.82) is 5.26 Å². The van der Waals surface area contributed by atoms with Gasteiger partial charge in [-0.1, -0.05) is 24.3 Å². The van der Waals surface area contributed by atoms with Crippen LogP contribution < -0.4 is 10.1 Å². The van der Waals surface area contributed by atoms with Gasteiger partial charge >= 0.3 is 0 Å². The molecule has 2 heterocycles. The predicted octanol–water partition coefficient (Wildman–Crippen LogP) is 4.95. The summed E-state index contributed by atoms with van der Waals surface area (Å²) in [5.74, 6) is 0.294. The highest BCUT2D eigenvalue weighted by molar-refractivity contribution is 6.07. The summed E-state index contributed by atoms with van der Waals surface area (Å²) in [5, 5.41) is 15.1. The van der Waals surface area contributed by atoms with Gasteiger partial charge in [0.15, 0.2) is 0 Å². The van der Waals surface area contributed by atoms with E-state index in [0.29, 0.717) is 37.8 Å². The van der Waals surface area contributed by atoms with Crippen molar-refractivity contribution in [3.05, 3.63) is 77.9 Å². The zero-order valence-electron chi connectivity index (χ0n) is 19.0. The first-order chi connectivity index (χ1) is 16.7. The number of unbranched alkanes of at least 4 members (excludes halogenated alkanes) is 1. The fourth-order valence-electron chi connectivity index (χ4n) is 3.87. The second-order valence-electron chi connectivity index (χ2n) is 8.00. The van der Waals surface area contributed by atoms with Crippen LogP contribution >= 0.6 is 0 Å². The molecule has 174 valence electrons. The molecule has 2 aromatic heterocycles. The highest BCUT2D eigenvalue weighted by Gasteiger charge is 2.09. The predicted molar refractivity (Wildman–Crippen MR) is 130 cm³/mol. The van der Waals surface area contributed by atoms with Gasteiger partial charge in [-0.15, -0.1) is 0 Å². The molecule has 0 bridgehead atoms. The number of nitriles is 1. The van der Waals surface area contributed by atoms with E-state index in [1.807, 2.05) is 42.6 Å². The number of halogens is 1. The van der Waals surface area contributed by atoms with Crippen LogP contribution in [0, 0.1) is 17.1 Å². The lowest BCUT2D eigenvalue weighted by atomic mass is 10.1. The van der Waals surface area contributed by atoms with Gasteiger partial charge in [0.2, 0.25) is 5.88 Å². The molecule has 0 amide bonds. The third kappa shape index (κ3) is 6.25. The molecular weight excluding hydrogens is 431 g/mol. The normalized spacial score (nSPS) is 11.1. The lowest BCUT2D eigenvalue weighted by molar-refractivity contribution is 0.0966. The quantitative estimate of drug-likeness (QED) is 0.239. The van der Waals surface area contributed by atoms with Crippen molar-refractivity contribution in [2.75, 3.05) is 26.4 Å². The molecule has 4 rings (SSSR count). The zero-order chi connectivity index (χ0) is 23.6. The molecule has 2 aromatic carbocycles. The van der Waals surface area contributed by atoms with Crippen molar-refractivity contribution in [2.24, 2.45) is 0 Å². The van der Waals surface area contributed by atoms with E-state index >= 15 is 0 Å². The van der Waals surface area contributed by atoms with E-state index in [9.17, 15) is 4.39 Å². The minimum atomic E-state index is -0.302. The Labute approximate surface area is 198 Å². The van der Waals surface area contributed by atoms with Crippen molar-refractivity contribution < 1.29 is 13.9 Å². The second kappa shape index (κ2) is 12.0. The molecule has 4 aromatic rings. The molecule has 0 atom stereocenters. The van der Waals surface area contributed by atoms with E-state index < -0.39 is 0 Å². The van der Waals surface area contributed by atoms with Gasteiger partial charge in [-0.2, -0.15) is 5.26 Å². The van der Waals surface area contributed by atoms with E-state index in [2.05, 4.69) is 21.4 Å². The van der Waals surface area contributed by atoms with Crippen LogP contribution in [0.5, 0.6) is 5.88 Å². The molecule has 7 heteroatoms. The number of hydrogen-bond donors (Lipinski definition) is 1. The van der Waals surface area contributed by atoms with Crippen LogP contribution in [0.25, 0.3) is 21.7 Å². The minimum absolute atomic E-state index is 0.218. The van der Waals surface area contributed by atoms with Gasteiger partial charge in [0.25, 0.3) is 0 Å². The van der Waals surface area contributed by atoms with E-state index in [0.717, 1.165) is 46.6 Å². The Morgan fingerprint density at radius 2 is 1.82 bits per heavy atom. The Morgan fingerprint density at radius 1 is 0.941 bits per heavy atom. The number of fused-ring (bicyclic) bond motifs is 3. The summed E-state index contributed by atoms with van der Waals surface area (Å²) in [6, 6.07) is 16.7. The summed E-state index contributed by atoms with van der Waals surface area (Å²) in [5.41, 5.74) is 2.44. The molecule has 0 spiro atoms. The molecule has 0 aliphatic carbocycles. The number of pyridine rings is 2. The van der Waals surface area contributed by atoms with Gasteiger partial charge in [-0.05, 0) is 54.8 Å². The van der Waals surface area contributed by atoms with Crippen LogP contribution in [0.4, 0.5) is 4.39 Å². The topological polar surface area (TPSA) is 80.1 Å². The Morgan fingerprint density at radius 3 is 2.74 bits per heavy atom. The Bertz CT molecular complexity index is 1290. The average Bonchev–Trinajstić information content (AvgIpc) is 2.85.